The van der Waals surface area contributed by atoms with Crippen LogP contribution in [0, 0.1) is 0 Å². The molecule has 0 heterocycles. The van der Waals surface area contributed by atoms with E-state index >= 15 is 0 Å². The number of rotatable bonds is 7. The number of hydrogen-bond donors (Lipinski definition) is 2. The number of hydrogen-bond acceptors (Lipinski definition) is 3. The van der Waals surface area contributed by atoms with E-state index in [0.717, 1.165) is 28.5 Å². The number of aliphatic hydroxyl groups excluding tert-OH is 1. The zero-order chi connectivity index (χ0) is 15.9. The highest BCUT2D eigenvalue weighted by molar-refractivity contribution is 5.91. The van der Waals surface area contributed by atoms with Gasteiger partial charge in [0.2, 0.25) is 5.91 Å². The van der Waals surface area contributed by atoms with Gasteiger partial charge in [-0.25, -0.2) is 0 Å². The Bertz CT molecular complexity index is 639. The van der Waals surface area contributed by atoms with Crippen LogP contribution in [0.2, 0.25) is 0 Å². The van der Waals surface area contributed by atoms with Crippen LogP contribution in [0.1, 0.15) is 25.3 Å². The first-order chi connectivity index (χ1) is 10.6. The molecule has 0 aliphatic carbocycles. The minimum Gasteiger partial charge on any atom is -0.497 e. The van der Waals surface area contributed by atoms with Crippen molar-refractivity contribution in [2.75, 3.05) is 13.7 Å². The van der Waals surface area contributed by atoms with Gasteiger partial charge in [-0.1, -0.05) is 37.6 Å². The van der Waals surface area contributed by atoms with E-state index in [4.69, 9.17) is 4.74 Å². The van der Waals surface area contributed by atoms with Crippen molar-refractivity contribution in [1.82, 2.24) is 5.32 Å². The van der Waals surface area contributed by atoms with E-state index in [-0.39, 0.29) is 5.91 Å². The van der Waals surface area contributed by atoms with Crippen LogP contribution in [0.15, 0.2) is 36.4 Å². The van der Waals surface area contributed by atoms with Gasteiger partial charge < -0.3 is 15.2 Å². The van der Waals surface area contributed by atoms with Crippen molar-refractivity contribution < 1.29 is 14.6 Å². The molecule has 118 valence electrons. The second kappa shape index (κ2) is 7.80. The monoisotopic (exact) mass is 301 g/mol. The molecule has 2 aromatic rings. The predicted molar refractivity (Wildman–Crippen MR) is 88.1 cm³/mol. The molecule has 0 aromatic heterocycles. The lowest BCUT2D eigenvalue weighted by molar-refractivity contribution is -0.120. The maximum atomic E-state index is 12.1. The molecule has 22 heavy (non-hydrogen) atoms. The highest BCUT2D eigenvalue weighted by Gasteiger charge is 2.09. The molecular weight excluding hydrogens is 278 g/mol. The topological polar surface area (TPSA) is 58.6 Å². The Labute approximate surface area is 131 Å². The highest BCUT2D eigenvalue weighted by Crippen LogP contribution is 2.24. The lowest BCUT2D eigenvalue weighted by Gasteiger charge is -2.12. The number of aliphatic hydroxyl groups is 1. The summed E-state index contributed by atoms with van der Waals surface area (Å²) in [6.45, 7) is 2.31. The van der Waals surface area contributed by atoms with E-state index in [0.29, 0.717) is 19.4 Å². The van der Waals surface area contributed by atoms with Crippen LogP contribution in [0.3, 0.4) is 0 Å². The number of nitrogens with one attached hydrogen (secondary N) is 1. The van der Waals surface area contributed by atoms with Crippen molar-refractivity contribution in [2.45, 2.75) is 32.3 Å². The Morgan fingerprint density at radius 2 is 2.14 bits per heavy atom. The van der Waals surface area contributed by atoms with Crippen LogP contribution in [0.5, 0.6) is 5.75 Å². The maximum absolute atomic E-state index is 12.1. The zero-order valence-electron chi connectivity index (χ0n) is 13.1. The van der Waals surface area contributed by atoms with E-state index in [9.17, 15) is 9.90 Å². The summed E-state index contributed by atoms with van der Waals surface area (Å²) in [6.07, 6.45) is 1.43. The molecule has 4 heteroatoms. The Hall–Kier alpha value is -2.07. The van der Waals surface area contributed by atoms with Crippen molar-refractivity contribution >= 4 is 16.7 Å². The van der Waals surface area contributed by atoms with E-state index in [1.165, 1.54) is 0 Å². The number of benzene rings is 2. The Morgan fingerprint density at radius 1 is 1.32 bits per heavy atom. The Morgan fingerprint density at radius 3 is 2.86 bits per heavy atom. The minimum atomic E-state index is -0.471. The molecule has 4 nitrogen and oxygen atoms in total. The van der Waals surface area contributed by atoms with Gasteiger partial charge in [-0.05, 0) is 34.9 Å². The van der Waals surface area contributed by atoms with Crippen molar-refractivity contribution in [3.05, 3.63) is 42.0 Å². The molecule has 1 unspecified atom stereocenters. The average molecular weight is 301 g/mol. The van der Waals surface area contributed by atoms with Gasteiger partial charge in [0.25, 0.3) is 0 Å². The van der Waals surface area contributed by atoms with Crippen molar-refractivity contribution in [1.29, 1.82) is 0 Å². The number of ether oxygens (including phenoxy) is 1. The Kier molecular flexibility index (Phi) is 5.78. The fourth-order valence-electron chi connectivity index (χ4n) is 2.50. The molecule has 1 atom stereocenters. The summed E-state index contributed by atoms with van der Waals surface area (Å²) in [7, 11) is 1.63. The summed E-state index contributed by atoms with van der Waals surface area (Å²) in [5.74, 6) is 0.698. The molecule has 2 N–H and O–H groups in total. The van der Waals surface area contributed by atoms with Crippen LogP contribution >= 0.6 is 0 Å². The molecule has 0 aliphatic rings. The molecule has 0 aliphatic heterocycles. The minimum absolute atomic E-state index is 0.0783. The van der Waals surface area contributed by atoms with Crippen molar-refractivity contribution in [3.8, 4) is 5.75 Å². The lowest BCUT2D eigenvalue weighted by Crippen LogP contribution is -2.33. The standard InChI is InChI=1S/C18H23NO3/c1-3-5-15(20)12-19-18(21)10-14-7-4-6-13-8-9-16(22-2)11-17(13)14/h4,6-9,11,15,20H,3,5,10,12H2,1-2H3,(H,19,21). The first kappa shape index (κ1) is 16.3. The molecular formula is C18H23NO3. The van der Waals surface area contributed by atoms with Crippen LogP contribution in [0.4, 0.5) is 0 Å². The number of methoxy groups -OCH3 is 1. The normalized spacial score (nSPS) is 12.1. The Balaban J connectivity index is 2.08. The van der Waals surface area contributed by atoms with E-state index in [1.807, 2.05) is 43.3 Å². The molecule has 0 saturated heterocycles. The number of carbonyl (C=O) groups is 1. The van der Waals surface area contributed by atoms with Gasteiger partial charge in [-0.15, -0.1) is 0 Å². The van der Waals surface area contributed by atoms with E-state index < -0.39 is 6.10 Å². The fourth-order valence-corrected chi connectivity index (χ4v) is 2.50. The lowest BCUT2D eigenvalue weighted by atomic mass is 10.0. The third kappa shape index (κ3) is 4.21. The average Bonchev–Trinajstić information content (AvgIpc) is 2.53. The number of carbonyl (C=O) groups excluding carboxylic acids is 1. The largest absolute Gasteiger partial charge is 0.497 e. The molecule has 0 spiro atoms. The van der Waals surface area contributed by atoms with E-state index in [1.54, 1.807) is 7.11 Å². The molecule has 0 saturated carbocycles. The third-order valence-corrected chi connectivity index (χ3v) is 3.69. The third-order valence-electron chi connectivity index (χ3n) is 3.69. The van der Waals surface area contributed by atoms with Crippen LogP contribution in [-0.2, 0) is 11.2 Å². The van der Waals surface area contributed by atoms with Crippen LogP contribution < -0.4 is 10.1 Å². The van der Waals surface area contributed by atoms with Gasteiger partial charge in [-0.3, -0.25) is 4.79 Å². The summed E-state index contributed by atoms with van der Waals surface area (Å²) >= 11 is 0. The second-order valence-electron chi connectivity index (χ2n) is 5.43. The van der Waals surface area contributed by atoms with Crippen LogP contribution in [-0.4, -0.2) is 30.8 Å². The van der Waals surface area contributed by atoms with Gasteiger partial charge in [0.05, 0.1) is 19.6 Å². The van der Waals surface area contributed by atoms with E-state index in [2.05, 4.69) is 5.32 Å². The first-order valence-electron chi connectivity index (χ1n) is 7.64. The van der Waals surface area contributed by atoms with Gasteiger partial charge >= 0.3 is 0 Å². The van der Waals surface area contributed by atoms with Gasteiger partial charge in [0, 0.05) is 6.54 Å². The molecule has 0 fully saturated rings. The van der Waals surface area contributed by atoms with Crippen molar-refractivity contribution in [3.63, 3.8) is 0 Å². The summed E-state index contributed by atoms with van der Waals surface area (Å²) in [4.78, 5) is 12.1. The van der Waals surface area contributed by atoms with Gasteiger partial charge in [-0.2, -0.15) is 0 Å². The predicted octanol–water partition coefficient (Wildman–Crippen LogP) is 2.67. The summed E-state index contributed by atoms with van der Waals surface area (Å²) < 4.78 is 5.25. The fraction of sp³-hybridized carbons (Fsp3) is 0.389. The first-order valence-corrected chi connectivity index (χ1v) is 7.64. The number of amides is 1. The maximum Gasteiger partial charge on any atom is 0.224 e. The molecule has 2 rings (SSSR count). The molecule has 2 aromatic carbocycles. The summed E-state index contributed by atoms with van der Waals surface area (Å²) in [6, 6.07) is 11.8. The van der Waals surface area contributed by atoms with Crippen LogP contribution in [0.25, 0.3) is 10.8 Å². The summed E-state index contributed by atoms with van der Waals surface area (Å²) in [5, 5.41) is 14.6. The SMILES string of the molecule is CCCC(O)CNC(=O)Cc1cccc2ccc(OC)cc12. The molecule has 0 radical (unpaired) electrons. The van der Waals surface area contributed by atoms with Gasteiger partial charge in [0.15, 0.2) is 0 Å². The quantitative estimate of drug-likeness (QED) is 0.826. The van der Waals surface area contributed by atoms with Gasteiger partial charge in [0.1, 0.15) is 5.75 Å². The van der Waals surface area contributed by atoms with Crippen molar-refractivity contribution in [2.24, 2.45) is 0 Å². The molecule has 0 bridgehead atoms. The molecule has 1 amide bonds. The zero-order valence-corrected chi connectivity index (χ0v) is 13.1. The number of fused-ring (bicyclic) bond motifs is 1. The summed E-state index contributed by atoms with van der Waals surface area (Å²) in [5.41, 5.74) is 0.957. The smallest absolute Gasteiger partial charge is 0.224 e. The highest BCUT2D eigenvalue weighted by atomic mass is 16.5. The second-order valence-corrected chi connectivity index (χ2v) is 5.43.